The highest BCUT2D eigenvalue weighted by Crippen LogP contribution is 2.15. The summed E-state index contributed by atoms with van der Waals surface area (Å²) in [4.78, 5) is 6.26. The van der Waals surface area contributed by atoms with Gasteiger partial charge in [0.2, 0.25) is 5.89 Å². The lowest BCUT2D eigenvalue weighted by Gasteiger charge is -2.15. The van der Waals surface area contributed by atoms with Crippen LogP contribution in [0.15, 0.2) is 28.8 Å². The van der Waals surface area contributed by atoms with Gasteiger partial charge in [-0.3, -0.25) is 4.90 Å². The largest absolute Gasteiger partial charge is 0.492 e. The minimum absolute atomic E-state index is 0.633. The van der Waals surface area contributed by atoms with Gasteiger partial charge in [-0.2, -0.15) is 4.98 Å². The first-order valence-corrected chi connectivity index (χ1v) is 6.31. The molecule has 0 radical (unpaired) electrons. The zero-order valence-electron chi connectivity index (χ0n) is 11.6. The maximum atomic E-state index is 5.74. The first-order chi connectivity index (χ1) is 9.15. The smallest absolute Gasteiger partial charge is 0.240 e. The van der Waals surface area contributed by atoms with Crippen LogP contribution < -0.4 is 4.74 Å². The minimum Gasteiger partial charge on any atom is -0.492 e. The Balaban J connectivity index is 1.75. The molecule has 5 heteroatoms. The molecular weight excluding hydrogens is 242 g/mol. The zero-order valence-corrected chi connectivity index (χ0v) is 11.6. The molecule has 0 unspecified atom stereocenters. The van der Waals surface area contributed by atoms with Gasteiger partial charge in [0.05, 0.1) is 6.54 Å². The molecule has 0 bridgehead atoms. The average molecular weight is 261 g/mol. The molecule has 0 aliphatic rings. The molecule has 1 aromatic carbocycles. The minimum atomic E-state index is 0.633. The predicted octanol–water partition coefficient (Wildman–Crippen LogP) is 2.20. The number of hydrogen-bond donors (Lipinski definition) is 0. The second-order valence-electron chi connectivity index (χ2n) is 4.59. The number of hydrogen-bond acceptors (Lipinski definition) is 5. The molecular formula is C14H19N3O2. The van der Waals surface area contributed by atoms with Crippen molar-refractivity contribution in [3.63, 3.8) is 0 Å². The summed E-state index contributed by atoms with van der Waals surface area (Å²) < 4.78 is 10.8. The summed E-state index contributed by atoms with van der Waals surface area (Å²) in [5.41, 5.74) is 1.15. The second-order valence-corrected chi connectivity index (χ2v) is 4.59. The van der Waals surface area contributed by atoms with Crippen LogP contribution in [-0.4, -0.2) is 35.2 Å². The van der Waals surface area contributed by atoms with Crippen LogP contribution in [0.4, 0.5) is 0 Å². The predicted molar refractivity (Wildman–Crippen MR) is 72.0 cm³/mol. The molecule has 1 heterocycles. The van der Waals surface area contributed by atoms with E-state index in [1.807, 2.05) is 45.2 Å². The van der Waals surface area contributed by atoms with Crippen molar-refractivity contribution in [3.8, 4) is 5.75 Å². The van der Waals surface area contributed by atoms with E-state index in [-0.39, 0.29) is 0 Å². The van der Waals surface area contributed by atoms with Crippen molar-refractivity contribution in [2.24, 2.45) is 0 Å². The van der Waals surface area contributed by atoms with Crippen molar-refractivity contribution in [2.75, 3.05) is 20.2 Å². The highest BCUT2D eigenvalue weighted by atomic mass is 16.5. The molecule has 0 aliphatic carbocycles. The van der Waals surface area contributed by atoms with Crippen LogP contribution in [0.5, 0.6) is 5.75 Å². The average Bonchev–Trinajstić information content (AvgIpc) is 2.77. The molecule has 0 atom stereocenters. The number of likely N-dealkylation sites (N-methyl/N-ethyl adjacent to an activating group) is 1. The lowest BCUT2D eigenvalue weighted by Crippen LogP contribution is -2.24. The Hall–Kier alpha value is -1.88. The van der Waals surface area contributed by atoms with E-state index in [0.717, 1.165) is 17.9 Å². The Labute approximate surface area is 113 Å². The van der Waals surface area contributed by atoms with Gasteiger partial charge >= 0.3 is 0 Å². The molecule has 19 heavy (non-hydrogen) atoms. The van der Waals surface area contributed by atoms with Crippen LogP contribution in [0.1, 0.15) is 17.3 Å². The molecule has 0 saturated heterocycles. The van der Waals surface area contributed by atoms with Crippen LogP contribution in [-0.2, 0) is 6.54 Å². The van der Waals surface area contributed by atoms with Crippen molar-refractivity contribution >= 4 is 0 Å². The highest BCUT2D eigenvalue weighted by Gasteiger charge is 2.07. The van der Waals surface area contributed by atoms with E-state index >= 15 is 0 Å². The summed E-state index contributed by atoms with van der Waals surface area (Å²) in [7, 11) is 2.00. The Morgan fingerprint density at radius 1 is 1.26 bits per heavy atom. The molecule has 0 saturated carbocycles. The van der Waals surface area contributed by atoms with Crippen molar-refractivity contribution in [2.45, 2.75) is 20.4 Å². The van der Waals surface area contributed by atoms with Crippen LogP contribution in [0.25, 0.3) is 0 Å². The summed E-state index contributed by atoms with van der Waals surface area (Å²) in [6.45, 7) is 5.93. The topological polar surface area (TPSA) is 51.4 Å². The summed E-state index contributed by atoms with van der Waals surface area (Å²) in [6.07, 6.45) is 0. The normalized spacial score (nSPS) is 10.9. The van der Waals surface area contributed by atoms with E-state index in [4.69, 9.17) is 9.26 Å². The zero-order chi connectivity index (χ0) is 13.7. The molecule has 0 spiro atoms. The maximum Gasteiger partial charge on any atom is 0.240 e. The quantitative estimate of drug-likeness (QED) is 0.798. The van der Waals surface area contributed by atoms with Crippen LogP contribution in [0.3, 0.4) is 0 Å². The van der Waals surface area contributed by atoms with Gasteiger partial charge in [-0.1, -0.05) is 23.4 Å². The van der Waals surface area contributed by atoms with E-state index < -0.39 is 0 Å². The summed E-state index contributed by atoms with van der Waals surface area (Å²) >= 11 is 0. The first kappa shape index (κ1) is 13.5. The molecule has 5 nitrogen and oxygen atoms in total. The Kier molecular flexibility index (Phi) is 4.52. The van der Waals surface area contributed by atoms with Gasteiger partial charge in [0.1, 0.15) is 12.4 Å². The fourth-order valence-electron chi connectivity index (χ4n) is 1.74. The SMILES string of the molecule is Cc1noc(CN(C)CCOc2ccccc2C)n1. The second kappa shape index (κ2) is 6.33. The monoisotopic (exact) mass is 261 g/mol. The summed E-state index contributed by atoms with van der Waals surface area (Å²) in [6, 6.07) is 8.01. The molecule has 0 aliphatic heterocycles. The van der Waals surface area contributed by atoms with Crippen molar-refractivity contribution < 1.29 is 9.26 Å². The Morgan fingerprint density at radius 2 is 2.05 bits per heavy atom. The van der Waals surface area contributed by atoms with E-state index in [0.29, 0.717) is 24.9 Å². The van der Waals surface area contributed by atoms with Crippen molar-refractivity contribution in [1.29, 1.82) is 0 Å². The van der Waals surface area contributed by atoms with E-state index in [1.165, 1.54) is 0 Å². The van der Waals surface area contributed by atoms with E-state index in [2.05, 4.69) is 15.0 Å². The van der Waals surface area contributed by atoms with Gasteiger partial charge in [-0.05, 0) is 32.5 Å². The fraction of sp³-hybridized carbons (Fsp3) is 0.429. The number of nitrogens with zero attached hydrogens (tertiary/aromatic N) is 3. The number of para-hydroxylation sites is 1. The number of aromatic nitrogens is 2. The van der Waals surface area contributed by atoms with Gasteiger partial charge in [-0.15, -0.1) is 0 Å². The third-order valence-electron chi connectivity index (χ3n) is 2.80. The van der Waals surface area contributed by atoms with Gasteiger partial charge in [0.15, 0.2) is 5.82 Å². The van der Waals surface area contributed by atoms with Gasteiger partial charge in [0.25, 0.3) is 0 Å². The molecule has 2 aromatic rings. The van der Waals surface area contributed by atoms with Gasteiger partial charge in [0, 0.05) is 6.54 Å². The number of benzene rings is 1. The number of rotatable bonds is 6. The van der Waals surface area contributed by atoms with Crippen LogP contribution in [0, 0.1) is 13.8 Å². The van der Waals surface area contributed by atoms with Gasteiger partial charge in [-0.25, -0.2) is 0 Å². The molecule has 0 amide bonds. The molecule has 1 aromatic heterocycles. The fourth-order valence-corrected chi connectivity index (χ4v) is 1.74. The van der Waals surface area contributed by atoms with E-state index in [1.54, 1.807) is 0 Å². The van der Waals surface area contributed by atoms with Crippen LogP contribution in [0.2, 0.25) is 0 Å². The molecule has 2 rings (SSSR count). The van der Waals surface area contributed by atoms with Crippen molar-refractivity contribution in [1.82, 2.24) is 15.0 Å². The van der Waals surface area contributed by atoms with E-state index in [9.17, 15) is 0 Å². The Morgan fingerprint density at radius 3 is 2.74 bits per heavy atom. The number of ether oxygens (including phenoxy) is 1. The lowest BCUT2D eigenvalue weighted by molar-refractivity contribution is 0.212. The summed E-state index contributed by atoms with van der Waals surface area (Å²) in [5.74, 6) is 2.24. The van der Waals surface area contributed by atoms with Gasteiger partial charge < -0.3 is 9.26 Å². The third kappa shape index (κ3) is 4.06. The molecule has 0 N–H and O–H groups in total. The summed E-state index contributed by atoms with van der Waals surface area (Å²) in [5, 5.41) is 3.77. The molecule has 0 fully saturated rings. The maximum absolute atomic E-state index is 5.74. The standard InChI is InChI=1S/C14H19N3O2/c1-11-6-4-5-7-13(11)18-9-8-17(3)10-14-15-12(2)16-19-14/h4-7H,8-10H2,1-3H3. The molecule has 102 valence electrons. The highest BCUT2D eigenvalue weighted by molar-refractivity contribution is 5.31. The lowest BCUT2D eigenvalue weighted by atomic mass is 10.2. The number of aryl methyl sites for hydroxylation is 2. The van der Waals surface area contributed by atoms with Crippen LogP contribution >= 0.6 is 0 Å². The van der Waals surface area contributed by atoms with Crippen molar-refractivity contribution in [3.05, 3.63) is 41.5 Å². The first-order valence-electron chi connectivity index (χ1n) is 6.31. The third-order valence-corrected chi connectivity index (χ3v) is 2.80. The Bertz CT molecular complexity index is 525.